The molecule has 108 valence electrons. The number of carbonyl (C=O) groups excluding carboxylic acids is 1. The third-order valence-electron chi connectivity index (χ3n) is 2.96. The highest BCUT2D eigenvalue weighted by molar-refractivity contribution is 5.75. The van der Waals surface area contributed by atoms with Crippen LogP contribution in [0.15, 0.2) is 24.5 Å². The van der Waals surface area contributed by atoms with Crippen molar-refractivity contribution in [3.05, 3.63) is 30.1 Å². The number of H-pyrrole nitrogens is 1. The van der Waals surface area contributed by atoms with E-state index in [9.17, 15) is 4.79 Å². The van der Waals surface area contributed by atoms with Crippen LogP contribution in [-0.4, -0.2) is 29.1 Å². The molecule has 1 aromatic carbocycles. The number of urea groups is 1. The first kappa shape index (κ1) is 14.4. The first-order valence-corrected chi connectivity index (χ1v) is 6.88. The molecule has 20 heavy (non-hydrogen) atoms. The summed E-state index contributed by atoms with van der Waals surface area (Å²) in [5.41, 5.74) is 3.27. The Bertz CT molecular complexity index is 583. The quantitative estimate of drug-likeness (QED) is 0.801. The number of aromatic amines is 1. The number of nitrogens with zero attached hydrogens (tertiary/aromatic N) is 1. The Morgan fingerprint density at radius 3 is 2.85 bits per heavy atom. The average molecular weight is 274 g/mol. The molecular formula is C15H22N4O. The van der Waals surface area contributed by atoms with E-state index >= 15 is 0 Å². The van der Waals surface area contributed by atoms with Crippen molar-refractivity contribution in [2.75, 3.05) is 13.1 Å². The second-order valence-electron chi connectivity index (χ2n) is 6.17. The molecule has 0 unspecified atom stereocenters. The summed E-state index contributed by atoms with van der Waals surface area (Å²) in [6.45, 7) is 7.56. The first-order valence-electron chi connectivity index (χ1n) is 6.88. The molecule has 0 aliphatic carbocycles. The lowest BCUT2D eigenvalue weighted by Crippen LogP contribution is -2.40. The van der Waals surface area contributed by atoms with Crippen LogP contribution in [0.25, 0.3) is 11.0 Å². The van der Waals surface area contributed by atoms with Gasteiger partial charge in [0.05, 0.1) is 17.4 Å². The summed E-state index contributed by atoms with van der Waals surface area (Å²) in [4.78, 5) is 18.9. The monoisotopic (exact) mass is 274 g/mol. The zero-order valence-corrected chi connectivity index (χ0v) is 12.3. The van der Waals surface area contributed by atoms with Gasteiger partial charge in [-0.1, -0.05) is 26.8 Å². The number of hydrogen-bond donors (Lipinski definition) is 3. The van der Waals surface area contributed by atoms with Crippen LogP contribution in [0.5, 0.6) is 0 Å². The maximum Gasteiger partial charge on any atom is 0.314 e. The molecule has 0 spiro atoms. The smallest absolute Gasteiger partial charge is 0.314 e. The zero-order chi connectivity index (χ0) is 14.6. The van der Waals surface area contributed by atoms with E-state index in [1.54, 1.807) is 6.33 Å². The van der Waals surface area contributed by atoms with Gasteiger partial charge in [-0.05, 0) is 29.5 Å². The summed E-state index contributed by atoms with van der Waals surface area (Å²) >= 11 is 0. The second-order valence-corrected chi connectivity index (χ2v) is 6.17. The van der Waals surface area contributed by atoms with E-state index in [0.717, 1.165) is 17.5 Å². The molecule has 0 aliphatic heterocycles. The van der Waals surface area contributed by atoms with Gasteiger partial charge in [0.15, 0.2) is 0 Å². The standard InChI is InChI=1S/C15H22N4O/c1-15(2,3)9-17-14(20)16-7-6-11-4-5-12-13(8-11)19-10-18-12/h4-5,8,10H,6-7,9H2,1-3H3,(H,18,19)(H2,16,17,20). The van der Waals surface area contributed by atoms with E-state index in [2.05, 4.69) is 47.4 Å². The predicted molar refractivity (Wildman–Crippen MR) is 80.7 cm³/mol. The van der Waals surface area contributed by atoms with Crippen LogP contribution in [0.2, 0.25) is 0 Å². The topological polar surface area (TPSA) is 69.8 Å². The van der Waals surface area contributed by atoms with Gasteiger partial charge >= 0.3 is 6.03 Å². The molecule has 5 nitrogen and oxygen atoms in total. The Labute approximate surface area is 119 Å². The molecule has 0 saturated heterocycles. The number of nitrogens with one attached hydrogen (secondary N) is 3. The maximum absolute atomic E-state index is 11.6. The van der Waals surface area contributed by atoms with Crippen molar-refractivity contribution in [3.8, 4) is 0 Å². The molecular weight excluding hydrogens is 252 g/mol. The minimum Gasteiger partial charge on any atom is -0.345 e. The van der Waals surface area contributed by atoms with Crippen molar-refractivity contribution in [1.82, 2.24) is 20.6 Å². The number of benzene rings is 1. The molecule has 0 atom stereocenters. The summed E-state index contributed by atoms with van der Waals surface area (Å²) in [6.07, 6.45) is 2.49. The summed E-state index contributed by atoms with van der Waals surface area (Å²) in [5.74, 6) is 0. The van der Waals surface area contributed by atoms with Crippen LogP contribution >= 0.6 is 0 Å². The Morgan fingerprint density at radius 2 is 2.10 bits per heavy atom. The van der Waals surface area contributed by atoms with Crippen LogP contribution in [0.4, 0.5) is 4.79 Å². The molecule has 2 amide bonds. The van der Waals surface area contributed by atoms with Crippen molar-refractivity contribution < 1.29 is 4.79 Å². The van der Waals surface area contributed by atoms with E-state index in [1.165, 1.54) is 5.56 Å². The van der Waals surface area contributed by atoms with Gasteiger partial charge < -0.3 is 15.6 Å². The lowest BCUT2D eigenvalue weighted by Gasteiger charge is -2.18. The summed E-state index contributed by atoms with van der Waals surface area (Å²) < 4.78 is 0. The number of amides is 2. The third-order valence-corrected chi connectivity index (χ3v) is 2.96. The van der Waals surface area contributed by atoms with Gasteiger partial charge in [0.1, 0.15) is 0 Å². The fraction of sp³-hybridized carbons (Fsp3) is 0.467. The number of rotatable bonds is 4. The minimum absolute atomic E-state index is 0.100. The molecule has 0 fully saturated rings. The fourth-order valence-corrected chi connectivity index (χ4v) is 1.87. The molecule has 0 radical (unpaired) electrons. The number of fused-ring (bicyclic) bond motifs is 1. The van der Waals surface area contributed by atoms with Crippen LogP contribution in [-0.2, 0) is 6.42 Å². The van der Waals surface area contributed by atoms with Crippen molar-refractivity contribution in [1.29, 1.82) is 0 Å². The Balaban J connectivity index is 1.76. The molecule has 3 N–H and O–H groups in total. The Morgan fingerprint density at radius 1 is 1.30 bits per heavy atom. The SMILES string of the molecule is CC(C)(C)CNC(=O)NCCc1ccc2nc[nH]c2c1. The van der Waals surface area contributed by atoms with Crippen LogP contribution in [0.3, 0.4) is 0 Å². The van der Waals surface area contributed by atoms with E-state index in [4.69, 9.17) is 0 Å². The van der Waals surface area contributed by atoms with E-state index in [1.807, 2.05) is 12.1 Å². The van der Waals surface area contributed by atoms with Crippen LogP contribution in [0.1, 0.15) is 26.3 Å². The number of hydrogen-bond acceptors (Lipinski definition) is 2. The van der Waals surface area contributed by atoms with Crippen LogP contribution in [0, 0.1) is 5.41 Å². The van der Waals surface area contributed by atoms with Gasteiger partial charge in [-0.25, -0.2) is 9.78 Å². The highest BCUT2D eigenvalue weighted by atomic mass is 16.2. The average Bonchev–Trinajstić information content (AvgIpc) is 2.83. The van der Waals surface area contributed by atoms with Crippen LogP contribution < -0.4 is 10.6 Å². The number of carbonyl (C=O) groups is 1. The van der Waals surface area contributed by atoms with Gasteiger partial charge in [-0.15, -0.1) is 0 Å². The Kier molecular flexibility index (Phi) is 4.27. The third kappa shape index (κ3) is 4.26. The van der Waals surface area contributed by atoms with Crippen molar-refractivity contribution >= 4 is 17.1 Å². The molecule has 2 aromatic rings. The lowest BCUT2D eigenvalue weighted by molar-refractivity contribution is 0.235. The molecule has 0 aliphatic rings. The minimum atomic E-state index is -0.109. The highest BCUT2D eigenvalue weighted by Gasteiger charge is 2.11. The van der Waals surface area contributed by atoms with Gasteiger partial charge in [0, 0.05) is 13.1 Å². The summed E-state index contributed by atoms with van der Waals surface area (Å²) in [6, 6.07) is 5.98. The van der Waals surface area contributed by atoms with Gasteiger partial charge in [0.2, 0.25) is 0 Å². The molecule has 0 saturated carbocycles. The van der Waals surface area contributed by atoms with Gasteiger partial charge in [-0.3, -0.25) is 0 Å². The van der Waals surface area contributed by atoms with Crippen molar-refractivity contribution in [3.63, 3.8) is 0 Å². The van der Waals surface area contributed by atoms with E-state index in [0.29, 0.717) is 13.1 Å². The van der Waals surface area contributed by atoms with Crippen molar-refractivity contribution in [2.24, 2.45) is 5.41 Å². The summed E-state index contributed by atoms with van der Waals surface area (Å²) in [5, 5.41) is 5.74. The molecule has 0 bridgehead atoms. The van der Waals surface area contributed by atoms with E-state index in [-0.39, 0.29) is 11.4 Å². The van der Waals surface area contributed by atoms with E-state index < -0.39 is 0 Å². The fourth-order valence-electron chi connectivity index (χ4n) is 1.87. The maximum atomic E-state index is 11.6. The molecule has 5 heteroatoms. The molecule has 2 rings (SSSR count). The molecule has 1 aromatic heterocycles. The molecule has 1 heterocycles. The number of imidazole rings is 1. The predicted octanol–water partition coefficient (Wildman–Crippen LogP) is 2.45. The van der Waals surface area contributed by atoms with Gasteiger partial charge in [0.25, 0.3) is 0 Å². The van der Waals surface area contributed by atoms with Gasteiger partial charge in [-0.2, -0.15) is 0 Å². The Hall–Kier alpha value is -2.04. The largest absolute Gasteiger partial charge is 0.345 e. The summed E-state index contributed by atoms with van der Waals surface area (Å²) in [7, 11) is 0. The highest BCUT2D eigenvalue weighted by Crippen LogP contribution is 2.12. The van der Waals surface area contributed by atoms with Crippen molar-refractivity contribution in [2.45, 2.75) is 27.2 Å². The lowest BCUT2D eigenvalue weighted by atomic mass is 9.97. The second kappa shape index (κ2) is 5.94. The zero-order valence-electron chi connectivity index (χ0n) is 12.3. The normalized spacial score (nSPS) is 11.6. The number of aromatic nitrogens is 2. The first-order chi connectivity index (χ1) is 9.44.